The average Bonchev–Trinajstić information content (AvgIpc) is 3.06. The van der Waals surface area contributed by atoms with Crippen LogP contribution in [0.1, 0.15) is 48.8 Å². The molecule has 1 heterocycles. The highest BCUT2D eigenvalue weighted by Crippen LogP contribution is 2.44. The Morgan fingerprint density at radius 3 is 2.46 bits per heavy atom. The van der Waals surface area contributed by atoms with Crippen LogP contribution in [0.3, 0.4) is 0 Å². The summed E-state index contributed by atoms with van der Waals surface area (Å²) >= 11 is 3.47. The number of hydrogen-bond acceptors (Lipinski definition) is 2. The summed E-state index contributed by atoms with van der Waals surface area (Å²) in [6, 6.07) is 16.3. The van der Waals surface area contributed by atoms with Crippen molar-refractivity contribution in [1.29, 1.82) is 0 Å². The van der Waals surface area contributed by atoms with Crippen molar-refractivity contribution in [2.24, 2.45) is 0 Å². The van der Waals surface area contributed by atoms with Gasteiger partial charge >= 0.3 is 0 Å². The lowest BCUT2D eigenvalue weighted by atomic mass is 9.64. The maximum absolute atomic E-state index is 13.0. The molecule has 0 unspecified atom stereocenters. The average molecular weight is 441 g/mol. The van der Waals surface area contributed by atoms with Crippen LogP contribution < -0.4 is 5.32 Å². The molecule has 1 saturated heterocycles. The molecule has 2 fully saturated rings. The summed E-state index contributed by atoms with van der Waals surface area (Å²) < 4.78 is 1.03. The van der Waals surface area contributed by atoms with E-state index < -0.39 is 0 Å². The lowest BCUT2D eigenvalue weighted by Gasteiger charge is -2.40. The molecule has 0 aromatic heterocycles. The van der Waals surface area contributed by atoms with E-state index in [0.29, 0.717) is 19.5 Å². The Hall–Kier alpha value is -2.14. The van der Waals surface area contributed by atoms with Crippen LogP contribution in [-0.2, 0) is 28.1 Å². The second kappa shape index (κ2) is 8.08. The Balaban J connectivity index is 1.41. The van der Waals surface area contributed by atoms with Crippen LogP contribution in [0.4, 0.5) is 0 Å². The highest BCUT2D eigenvalue weighted by Gasteiger charge is 2.45. The van der Waals surface area contributed by atoms with Gasteiger partial charge < -0.3 is 10.2 Å². The predicted molar refractivity (Wildman–Crippen MR) is 113 cm³/mol. The van der Waals surface area contributed by atoms with E-state index in [1.165, 1.54) is 0 Å². The van der Waals surface area contributed by atoms with E-state index in [4.69, 9.17) is 0 Å². The molecule has 0 spiro atoms. The molecule has 28 heavy (non-hydrogen) atoms. The normalized spacial score (nSPS) is 18.0. The van der Waals surface area contributed by atoms with Crippen LogP contribution in [-0.4, -0.2) is 23.3 Å². The third-order valence-electron chi connectivity index (χ3n) is 6.03. The Morgan fingerprint density at radius 2 is 1.82 bits per heavy atom. The Kier molecular flexibility index (Phi) is 5.54. The van der Waals surface area contributed by atoms with Crippen molar-refractivity contribution in [3.8, 4) is 0 Å². The summed E-state index contributed by atoms with van der Waals surface area (Å²) in [5, 5.41) is 3.15. The fourth-order valence-electron chi connectivity index (χ4n) is 4.23. The molecular weight excluding hydrogens is 416 g/mol. The van der Waals surface area contributed by atoms with Crippen LogP contribution in [0, 0.1) is 0 Å². The first-order valence-corrected chi connectivity index (χ1v) is 10.8. The second-order valence-electron chi connectivity index (χ2n) is 7.86. The molecular formula is C23H25BrN2O2. The van der Waals surface area contributed by atoms with Crippen LogP contribution in [0.15, 0.2) is 53.0 Å². The molecule has 0 bridgehead atoms. The molecule has 146 valence electrons. The molecule has 1 N–H and O–H groups in total. The molecule has 4 nitrogen and oxygen atoms in total. The molecule has 4 rings (SSSR count). The van der Waals surface area contributed by atoms with E-state index in [9.17, 15) is 9.59 Å². The highest BCUT2D eigenvalue weighted by molar-refractivity contribution is 9.10. The number of carbonyl (C=O) groups excluding carboxylic acids is 2. The number of amides is 2. The van der Waals surface area contributed by atoms with E-state index in [-0.39, 0.29) is 17.2 Å². The molecule has 0 atom stereocenters. The predicted octanol–water partition coefficient (Wildman–Crippen LogP) is 4.31. The van der Waals surface area contributed by atoms with E-state index in [0.717, 1.165) is 53.4 Å². The molecule has 1 aliphatic carbocycles. The first-order valence-electron chi connectivity index (χ1n) is 9.97. The van der Waals surface area contributed by atoms with Crippen LogP contribution >= 0.6 is 15.9 Å². The number of nitrogens with one attached hydrogen (secondary N) is 1. The number of benzene rings is 2. The maximum atomic E-state index is 13.0. The number of nitrogens with zero attached hydrogens (tertiary/aromatic N) is 1. The van der Waals surface area contributed by atoms with Gasteiger partial charge in [-0.2, -0.15) is 0 Å². The van der Waals surface area contributed by atoms with Crippen molar-refractivity contribution < 1.29 is 9.59 Å². The minimum Gasteiger partial charge on any atom is -0.351 e. The molecule has 5 heteroatoms. The summed E-state index contributed by atoms with van der Waals surface area (Å²) in [5.41, 5.74) is 2.90. The zero-order valence-electron chi connectivity index (χ0n) is 15.9. The van der Waals surface area contributed by atoms with Crippen molar-refractivity contribution in [2.75, 3.05) is 6.54 Å². The van der Waals surface area contributed by atoms with E-state index in [1.54, 1.807) is 0 Å². The minimum atomic E-state index is -0.389. The summed E-state index contributed by atoms with van der Waals surface area (Å²) in [5.74, 6) is 0.348. The molecule has 1 aliphatic heterocycles. The molecule has 1 saturated carbocycles. The van der Waals surface area contributed by atoms with Crippen molar-refractivity contribution in [3.63, 3.8) is 0 Å². The monoisotopic (exact) mass is 440 g/mol. The Morgan fingerprint density at radius 1 is 1.07 bits per heavy atom. The highest BCUT2D eigenvalue weighted by atomic mass is 79.9. The third-order valence-corrected chi connectivity index (χ3v) is 6.56. The number of hydrogen-bond donors (Lipinski definition) is 1. The molecule has 2 amide bonds. The molecule has 0 radical (unpaired) electrons. The minimum absolute atomic E-state index is 0.112. The summed E-state index contributed by atoms with van der Waals surface area (Å²) in [7, 11) is 0. The van der Waals surface area contributed by atoms with Gasteiger partial charge in [-0.15, -0.1) is 0 Å². The van der Waals surface area contributed by atoms with Gasteiger partial charge in [0.25, 0.3) is 0 Å². The SMILES string of the molecule is O=C1CCCN1Cc1cccc(CNC(=O)C2(c3ccc(Br)cc3)CCC2)c1. The zero-order chi connectivity index (χ0) is 19.6. The first kappa shape index (κ1) is 19.2. The van der Waals surface area contributed by atoms with Crippen LogP contribution in [0.2, 0.25) is 0 Å². The van der Waals surface area contributed by atoms with Crippen LogP contribution in [0.25, 0.3) is 0 Å². The summed E-state index contributed by atoms with van der Waals surface area (Å²) in [4.78, 5) is 26.8. The summed E-state index contributed by atoms with van der Waals surface area (Å²) in [6.45, 7) is 2.01. The Bertz CT molecular complexity index is 874. The standard InChI is InChI=1S/C23H25BrN2O2/c24-20-9-7-19(8-10-20)23(11-3-12-23)22(28)25-15-17-4-1-5-18(14-17)16-26-13-2-6-21(26)27/h1,4-5,7-10,14H,2-3,6,11-13,15-16H2,(H,25,28). The Labute approximate surface area is 174 Å². The van der Waals surface area contributed by atoms with Gasteiger partial charge in [0.1, 0.15) is 0 Å². The smallest absolute Gasteiger partial charge is 0.230 e. The topological polar surface area (TPSA) is 49.4 Å². The number of halogens is 1. The van der Waals surface area contributed by atoms with Gasteiger partial charge in [0.05, 0.1) is 5.41 Å². The van der Waals surface area contributed by atoms with Crippen molar-refractivity contribution in [3.05, 3.63) is 69.7 Å². The largest absolute Gasteiger partial charge is 0.351 e. The number of rotatable bonds is 6. The lowest BCUT2D eigenvalue weighted by molar-refractivity contribution is -0.130. The fourth-order valence-corrected chi connectivity index (χ4v) is 4.49. The van der Waals surface area contributed by atoms with E-state index in [2.05, 4.69) is 39.4 Å². The second-order valence-corrected chi connectivity index (χ2v) is 8.78. The van der Waals surface area contributed by atoms with Gasteiger partial charge in [0.2, 0.25) is 11.8 Å². The summed E-state index contributed by atoms with van der Waals surface area (Å²) in [6.07, 6.45) is 4.50. The van der Waals surface area contributed by atoms with E-state index >= 15 is 0 Å². The number of likely N-dealkylation sites (tertiary alicyclic amines) is 1. The molecule has 2 aromatic carbocycles. The zero-order valence-corrected chi connectivity index (χ0v) is 17.5. The number of carbonyl (C=O) groups is 2. The van der Waals surface area contributed by atoms with Gasteiger partial charge in [0, 0.05) is 30.5 Å². The fraction of sp³-hybridized carbons (Fsp3) is 0.391. The van der Waals surface area contributed by atoms with Gasteiger partial charge in [-0.1, -0.05) is 58.7 Å². The third kappa shape index (κ3) is 3.86. The van der Waals surface area contributed by atoms with Crippen molar-refractivity contribution in [2.45, 2.75) is 50.6 Å². The quantitative estimate of drug-likeness (QED) is 0.727. The van der Waals surface area contributed by atoms with E-state index in [1.807, 2.05) is 35.2 Å². The van der Waals surface area contributed by atoms with Crippen molar-refractivity contribution >= 4 is 27.7 Å². The van der Waals surface area contributed by atoms with Crippen molar-refractivity contribution in [1.82, 2.24) is 10.2 Å². The van der Waals surface area contributed by atoms with Gasteiger partial charge in [-0.25, -0.2) is 0 Å². The molecule has 2 aromatic rings. The van der Waals surface area contributed by atoms with Gasteiger partial charge in [-0.05, 0) is 48.1 Å². The first-order chi connectivity index (χ1) is 13.6. The van der Waals surface area contributed by atoms with Gasteiger partial charge in [-0.3, -0.25) is 9.59 Å². The van der Waals surface area contributed by atoms with Gasteiger partial charge in [0.15, 0.2) is 0 Å². The van der Waals surface area contributed by atoms with Crippen LogP contribution in [0.5, 0.6) is 0 Å². The maximum Gasteiger partial charge on any atom is 0.230 e. The lowest BCUT2D eigenvalue weighted by Crippen LogP contribution is -2.49. The molecule has 2 aliphatic rings.